The summed E-state index contributed by atoms with van der Waals surface area (Å²) in [5.41, 5.74) is 5.44. The molecule has 1 N–H and O–H groups in total. The second-order valence-corrected chi connectivity index (χ2v) is 8.88. The number of nitrogens with zero attached hydrogens (tertiary/aromatic N) is 4. The Morgan fingerprint density at radius 1 is 0.971 bits per heavy atom. The van der Waals surface area contributed by atoms with Gasteiger partial charge in [-0.2, -0.15) is 5.10 Å². The smallest absolute Gasteiger partial charge is 0.255 e. The van der Waals surface area contributed by atoms with Gasteiger partial charge in [0.1, 0.15) is 5.69 Å². The van der Waals surface area contributed by atoms with Gasteiger partial charge in [0.2, 0.25) is 0 Å². The average molecular weight is 452 g/mol. The zero-order valence-electron chi connectivity index (χ0n) is 19.4. The Kier molecular flexibility index (Phi) is 6.49. The Hall–Kier alpha value is -3.77. The van der Waals surface area contributed by atoms with E-state index in [2.05, 4.69) is 40.3 Å². The maximum absolute atomic E-state index is 13.4. The van der Waals surface area contributed by atoms with E-state index in [9.17, 15) is 4.79 Å². The number of amides is 1. The van der Waals surface area contributed by atoms with Crippen LogP contribution in [0.2, 0.25) is 0 Å². The quantitative estimate of drug-likeness (QED) is 0.464. The first-order valence-corrected chi connectivity index (χ1v) is 11.8. The molecule has 172 valence electrons. The number of benzene rings is 2. The second kappa shape index (κ2) is 10.0. The number of pyridine rings is 1. The van der Waals surface area contributed by atoms with E-state index in [1.54, 1.807) is 4.68 Å². The molecule has 1 saturated heterocycles. The third kappa shape index (κ3) is 5.07. The van der Waals surface area contributed by atoms with Crippen molar-refractivity contribution < 1.29 is 4.79 Å². The van der Waals surface area contributed by atoms with E-state index in [1.807, 2.05) is 67.0 Å². The molecule has 34 heavy (non-hydrogen) atoms. The molecule has 0 aliphatic carbocycles. The van der Waals surface area contributed by atoms with Crippen LogP contribution < -0.4 is 5.32 Å². The van der Waals surface area contributed by atoms with Gasteiger partial charge in [-0.3, -0.25) is 14.7 Å². The van der Waals surface area contributed by atoms with Crippen molar-refractivity contribution in [3.05, 3.63) is 102 Å². The number of aromatic nitrogens is 3. The molecule has 2 aromatic heterocycles. The molecule has 1 fully saturated rings. The third-order valence-corrected chi connectivity index (χ3v) is 6.34. The van der Waals surface area contributed by atoms with Crippen LogP contribution in [0.5, 0.6) is 0 Å². The number of likely N-dealkylation sites (tertiary alicyclic amines) is 1. The topological polar surface area (TPSA) is 63.1 Å². The summed E-state index contributed by atoms with van der Waals surface area (Å²) in [7, 11) is 0. The highest BCUT2D eigenvalue weighted by molar-refractivity contribution is 6.00. The fourth-order valence-corrected chi connectivity index (χ4v) is 4.40. The van der Waals surface area contributed by atoms with E-state index in [-0.39, 0.29) is 11.9 Å². The van der Waals surface area contributed by atoms with Crippen LogP contribution in [-0.4, -0.2) is 44.7 Å². The SMILES string of the molecule is Cc1ccc(-n2cc(C(=O)NC3CCN(Cc4ccccn4)CC3)c(-c3ccccc3)n2)cc1. The first kappa shape index (κ1) is 22.0. The lowest BCUT2D eigenvalue weighted by molar-refractivity contribution is 0.0909. The lowest BCUT2D eigenvalue weighted by Crippen LogP contribution is -2.44. The van der Waals surface area contributed by atoms with Gasteiger partial charge in [-0.1, -0.05) is 54.1 Å². The molecule has 0 unspecified atom stereocenters. The number of hydrogen-bond donors (Lipinski definition) is 1. The van der Waals surface area contributed by atoms with E-state index in [4.69, 9.17) is 5.10 Å². The fourth-order valence-electron chi connectivity index (χ4n) is 4.40. The van der Waals surface area contributed by atoms with Crippen molar-refractivity contribution in [3.63, 3.8) is 0 Å². The lowest BCUT2D eigenvalue weighted by atomic mass is 10.0. The molecule has 5 rings (SSSR count). The van der Waals surface area contributed by atoms with Gasteiger partial charge in [0.15, 0.2) is 0 Å². The number of hydrogen-bond acceptors (Lipinski definition) is 4. The first-order chi connectivity index (χ1) is 16.7. The normalized spacial score (nSPS) is 14.7. The molecule has 4 aromatic rings. The van der Waals surface area contributed by atoms with Gasteiger partial charge >= 0.3 is 0 Å². The number of nitrogens with one attached hydrogen (secondary N) is 1. The van der Waals surface area contributed by atoms with Gasteiger partial charge < -0.3 is 5.32 Å². The van der Waals surface area contributed by atoms with Crippen molar-refractivity contribution in [1.82, 2.24) is 25.0 Å². The molecule has 0 saturated carbocycles. The molecule has 1 aliphatic rings. The van der Waals surface area contributed by atoms with Crippen molar-refractivity contribution in [2.75, 3.05) is 13.1 Å². The van der Waals surface area contributed by atoms with Crippen molar-refractivity contribution in [2.24, 2.45) is 0 Å². The Morgan fingerprint density at radius 3 is 2.41 bits per heavy atom. The summed E-state index contributed by atoms with van der Waals surface area (Å²) in [6, 6.07) is 24.2. The maximum Gasteiger partial charge on any atom is 0.255 e. The zero-order valence-corrected chi connectivity index (χ0v) is 19.4. The summed E-state index contributed by atoms with van der Waals surface area (Å²) < 4.78 is 1.80. The molecule has 0 bridgehead atoms. The Balaban J connectivity index is 1.30. The van der Waals surface area contributed by atoms with E-state index < -0.39 is 0 Å². The number of aryl methyl sites for hydroxylation is 1. The van der Waals surface area contributed by atoms with E-state index in [0.29, 0.717) is 11.3 Å². The van der Waals surface area contributed by atoms with Gasteiger partial charge in [-0.15, -0.1) is 0 Å². The predicted octanol–water partition coefficient (Wildman–Crippen LogP) is 4.64. The minimum atomic E-state index is -0.0691. The molecule has 6 heteroatoms. The second-order valence-electron chi connectivity index (χ2n) is 8.88. The zero-order chi connectivity index (χ0) is 23.3. The predicted molar refractivity (Wildman–Crippen MR) is 134 cm³/mol. The monoisotopic (exact) mass is 451 g/mol. The molecular weight excluding hydrogens is 422 g/mol. The van der Waals surface area contributed by atoms with Crippen LogP contribution in [0.15, 0.2) is 85.2 Å². The molecule has 0 radical (unpaired) electrons. The number of rotatable bonds is 6. The first-order valence-electron chi connectivity index (χ1n) is 11.8. The van der Waals surface area contributed by atoms with Crippen molar-refractivity contribution in [1.29, 1.82) is 0 Å². The Labute approximate surface area is 200 Å². The number of piperidine rings is 1. The Bertz CT molecular complexity index is 1230. The summed E-state index contributed by atoms with van der Waals surface area (Å²) in [6.07, 6.45) is 5.53. The number of carbonyl (C=O) groups is 1. The molecule has 0 spiro atoms. The molecule has 2 aromatic carbocycles. The van der Waals surface area contributed by atoms with E-state index in [1.165, 1.54) is 5.56 Å². The lowest BCUT2D eigenvalue weighted by Gasteiger charge is -2.32. The van der Waals surface area contributed by atoms with Crippen LogP contribution in [0.4, 0.5) is 0 Å². The minimum Gasteiger partial charge on any atom is -0.349 e. The molecule has 1 amide bonds. The van der Waals surface area contributed by atoms with Crippen molar-refractivity contribution in [2.45, 2.75) is 32.4 Å². The standard InChI is InChI=1S/C28H29N5O/c1-21-10-12-25(13-11-21)33-20-26(27(31-33)22-7-3-2-4-8-22)28(34)30-23-14-17-32(18-15-23)19-24-9-5-6-16-29-24/h2-13,16,20,23H,14-15,17-19H2,1H3,(H,30,34). The van der Waals surface area contributed by atoms with Crippen molar-refractivity contribution in [3.8, 4) is 16.9 Å². The number of carbonyl (C=O) groups excluding carboxylic acids is 1. The summed E-state index contributed by atoms with van der Waals surface area (Å²) in [5.74, 6) is -0.0691. The van der Waals surface area contributed by atoms with Crippen LogP contribution in [0.3, 0.4) is 0 Å². The van der Waals surface area contributed by atoms with Crippen LogP contribution in [0.25, 0.3) is 16.9 Å². The highest BCUT2D eigenvalue weighted by atomic mass is 16.1. The minimum absolute atomic E-state index is 0.0691. The summed E-state index contributed by atoms with van der Waals surface area (Å²) in [6.45, 7) is 4.79. The van der Waals surface area contributed by atoms with Gasteiger partial charge in [-0.25, -0.2) is 4.68 Å². The highest BCUT2D eigenvalue weighted by Crippen LogP contribution is 2.24. The van der Waals surface area contributed by atoms with Gasteiger partial charge in [0.25, 0.3) is 5.91 Å². The third-order valence-electron chi connectivity index (χ3n) is 6.34. The summed E-state index contributed by atoms with van der Waals surface area (Å²) >= 11 is 0. The molecular formula is C28H29N5O. The Morgan fingerprint density at radius 2 is 1.71 bits per heavy atom. The largest absolute Gasteiger partial charge is 0.349 e. The van der Waals surface area contributed by atoms with Crippen molar-refractivity contribution >= 4 is 5.91 Å². The molecule has 1 aliphatic heterocycles. The van der Waals surface area contributed by atoms with Crippen LogP contribution >= 0.6 is 0 Å². The summed E-state index contributed by atoms with van der Waals surface area (Å²) in [4.78, 5) is 20.2. The summed E-state index contributed by atoms with van der Waals surface area (Å²) in [5, 5.41) is 8.06. The molecule has 6 nitrogen and oxygen atoms in total. The van der Waals surface area contributed by atoms with Gasteiger partial charge in [-0.05, 0) is 44.0 Å². The fraction of sp³-hybridized carbons (Fsp3) is 0.250. The maximum atomic E-state index is 13.4. The van der Waals surface area contributed by atoms with Gasteiger partial charge in [0, 0.05) is 43.6 Å². The average Bonchev–Trinajstić information content (AvgIpc) is 3.33. The van der Waals surface area contributed by atoms with Crippen LogP contribution in [0.1, 0.15) is 34.5 Å². The molecule has 0 atom stereocenters. The molecule has 3 heterocycles. The van der Waals surface area contributed by atoms with Gasteiger partial charge in [0.05, 0.1) is 16.9 Å². The highest BCUT2D eigenvalue weighted by Gasteiger charge is 2.24. The van der Waals surface area contributed by atoms with E-state index in [0.717, 1.165) is 49.4 Å². The van der Waals surface area contributed by atoms with Crippen LogP contribution in [-0.2, 0) is 6.54 Å². The van der Waals surface area contributed by atoms with Crippen LogP contribution in [0, 0.1) is 6.92 Å². The van der Waals surface area contributed by atoms with E-state index >= 15 is 0 Å².